The quantitative estimate of drug-likeness (QED) is 0.597. The van der Waals surface area contributed by atoms with Gasteiger partial charge in [-0.3, -0.25) is 4.57 Å². The fraction of sp³-hybridized carbons (Fsp3) is 0.571. The van der Waals surface area contributed by atoms with Crippen LogP contribution in [0, 0.1) is 6.92 Å². The van der Waals surface area contributed by atoms with Crippen LogP contribution in [0.1, 0.15) is 12.2 Å². The average Bonchev–Trinajstić information content (AvgIpc) is 2.55. The molecule has 4 heteroatoms. The maximum absolute atomic E-state index is 5.28. The largest absolute Gasteiger partial charge is 0.332 e. The van der Waals surface area contributed by atoms with Gasteiger partial charge in [-0.15, -0.1) is 0 Å². The predicted octanol–water partition coefficient (Wildman–Crippen LogP) is 0.694. The summed E-state index contributed by atoms with van der Waals surface area (Å²) in [7, 11) is 0. The molecule has 0 atom stereocenters. The Morgan fingerprint density at radius 3 is 2.82 bits per heavy atom. The highest BCUT2D eigenvalue weighted by Crippen LogP contribution is 2.16. The van der Waals surface area contributed by atoms with E-state index in [9.17, 15) is 0 Å². The second kappa shape index (κ2) is 2.64. The molecule has 1 aromatic heterocycles. The van der Waals surface area contributed by atoms with Crippen molar-refractivity contribution in [2.45, 2.75) is 13.3 Å². The second-order valence-corrected chi connectivity index (χ2v) is 2.43. The van der Waals surface area contributed by atoms with Crippen molar-refractivity contribution in [2.24, 2.45) is 0 Å². The van der Waals surface area contributed by atoms with E-state index in [2.05, 4.69) is 4.98 Å². The van der Waals surface area contributed by atoms with Gasteiger partial charge in [-0.2, -0.15) is 0 Å². The minimum atomic E-state index is -0.252. The van der Waals surface area contributed by atoms with Gasteiger partial charge in [0.25, 0.3) is 0 Å². The van der Waals surface area contributed by atoms with E-state index in [1.807, 2.05) is 17.7 Å². The Morgan fingerprint density at radius 1 is 1.55 bits per heavy atom. The van der Waals surface area contributed by atoms with Crippen LogP contribution < -0.4 is 0 Å². The maximum atomic E-state index is 5.28. The molecule has 60 valence electrons. The molecular formula is C7H10N2O2. The number of aromatic nitrogens is 2. The maximum Gasteiger partial charge on any atom is 0.245 e. The third kappa shape index (κ3) is 1.15. The number of imidazole rings is 1. The van der Waals surface area contributed by atoms with Crippen molar-refractivity contribution in [1.82, 2.24) is 9.55 Å². The van der Waals surface area contributed by atoms with E-state index in [4.69, 9.17) is 9.47 Å². The molecule has 11 heavy (non-hydrogen) atoms. The molecule has 2 heterocycles. The van der Waals surface area contributed by atoms with Crippen LogP contribution in [0.2, 0.25) is 0 Å². The first-order valence-electron chi connectivity index (χ1n) is 3.60. The van der Waals surface area contributed by atoms with Crippen molar-refractivity contribution >= 4 is 0 Å². The lowest BCUT2D eigenvalue weighted by atomic mass is 10.7. The highest BCUT2D eigenvalue weighted by molar-refractivity contribution is 4.89. The fourth-order valence-corrected chi connectivity index (χ4v) is 1.12. The van der Waals surface area contributed by atoms with Gasteiger partial charge in [0.1, 0.15) is 5.82 Å². The summed E-state index contributed by atoms with van der Waals surface area (Å²) in [6.45, 7) is 3.26. The van der Waals surface area contributed by atoms with Gasteiger partial charge >= 0.3 is 0 Å². The standard InChI is InChI=1S/C7H10N2O2/c1-6-8-2-3-9(6)7-10-4-5-11-7/h2-3,7H,4-5H2,1H3. The van der Waals surface area contributed by atoms with Crippen LogP contribution in [0.4, 0.5) is 0 Å². The normalized spacial score (nSPS) is 19.4. The molecule has 4 nitrogen and oxygen atoms in total. The SMILES string of the molecule is Cc1nccn1C1OCCO1. The summed E-state index contributed by atoms with van der Waals surface area (Å²) in [6.07, 6.45) is 3.34. The van der Waals surface area contributed by atoms with E-state index in [1.54, 1.807) is 6.20 Å². The van der Waals surface area contributed by atoms with E-state index in [0.717, 1.165) is 5.82 Å². The zero-order valence-corrected chi connectivity index (χ0v) is 6.36. The lowest BCUT2D eigenvalue weighted by Crippen LogP contribution is -2.09. The Morgan fingerprint density at radius 2 is 2.27 bits per heavy atom. The second-order valence-electron chi connectivity index (χ2n) is 2.43. The van der Waals surface area contributed by atoms with Gasteiger partial charge in [0.2, 0.25) is 6.41 Å². The molecule has 0 aromatic carbocycles. The van der Waals surface area contributed by atoms with E-state index in [0.29, 0.717) is 13.2 Å². The zero-order chi connectivity index (χ0) is 7.68. The van der Waals surface area contributed by atoms with Crippen LogP contribution in [0.25, 0.3) is 0 Å². The molecule has 1 aliphatic heterocycles. The number of hydrogen-bond acceptors (Lipinski definition) is 3. The highest BCUT2D eigenvalue weighted by Gasteiger charge is 2.18. The van der Waals surface area contributed by atoms with Crippen LogP contribution in [-0.2, 0) is 9.47 Å². The first-order chi connectivity index (χ1) is 5.38. The molecule has 1 aliphatic rings. The van der Waals surface area contributed by atoms with E-state index >= 15 is 0 Å². The Kier molecular flexibility index (Phi) is 1.63. The van der Waals surface area contributed by atoms with Crippen LogP contribution in [0.3, 0.4) is 0 Å². The molecule has 1 fully saturated rings. The molecule has 0 amide bonds. The molecule has 0 bridgehead atoms. The Hall–Kier alpha value is -0.870. The predicted molar refractivity (Wildman–Crippen MR) is 37.9 cm³/mol. The minimum absolute atomic E-state index is 0.252. The lowest BCUT2D eigenvalue weighted by Gasteiger charge is -2.11. The molecule has 2 rings (SSSR count). The Labute approximate surface area is 64.8 Å². The van der Waals surface area contributed by atoms with Crippen molar-refractivity contribution in [3.05, 3.63) is 18.2 Å². The Bertz CT molecular complexity index is 240. The summed E-state index contributed by atoms with van der Waals surface area (Å²) in [5, 5.41) is 0. The Balaban J connectivity index is 2.21. The molecule has 0 radical (unpaired) electrons. The smallest absolute Gasteiger partial charge is 0.245 e. The van der Waals surface area contributed by atoms with Crippen molar-refractivity contribution in [1.29, 1.82) is 0 Å². The van der Waals surface area contributed by atoms with Gasteiger partial charge in [-0.05, 0) is 6.92 Å². The monoisotopic (exact) mass is 154 g/mol. The number of rotatable bonds is 1. The van der Waals surface area contributed by atoms with Gasteiger partial charge in [0.15, 0.2) is 0 Å². The zero-order valence-electron chi connectivity index (χ0n) is 6.36. The van der Waals surface area contributed by atoms with Crippen LogP contribution in [0.15, 0.2) is 12.4 Å². The molecule has 0 saturated carbocycles. The summed E-state index contributed by atoms with van der Waals surface area (Å²) in [6, 6.07) is 0. The fourth-order valence-electron chi connectivity index (χ4n) is 1.12. The summed E-state index contributed by atoms with van der Waals surface area (Å²) in [5.74, 6) is 0.914. The van der Waals surface area contributed by atoms with Gasteiger partial charge < -0.3 is 9.47 Å². The van der Waals surface area contributed by atoms with Gasteiger partial charge in [0, 0.05) is 12.4 Å². The lowest BCUT2D eigenvalue weighted by molar-refractivity contribution is -0.102. The third-order valence-electron chi connectivity index (χ3n) is 1.69. The van der Waals surface area contributed by atoms with Crippen molar-refractivity contribution in [2.75, 3.05) is 13.2 Å². The van der Waals surface area contributed by atoms with Gasteiger partial charge in [0.05, 0.1) is 13.2 Å². The van der Waals surface area contributed by atoms with Gasteiger partial charge in [-0.25, -0.2) is 4.98 Å². The van der Waals surface area contributed by atoms with Crippen molar-refractivity contribution < 1.29 is 9.47 Å². The van der Waals surface area contributed by atoms with Crippen LogP contribution in [-0.4, -0.2) is 22.8 Å². The van der Waals surface area contributed by atoms with Crippen molar-refractivity contribution in [3.8, 4) is 0 Å². The molecule has 0 spiro atoms. The van der Waals surface area contributed by atoms with Crippen LogP contribution in [0.5, 0.6) is 0 Å². The molecule has 1 aromatic rings. The summed E-state index contributed by atoms with van der Waals surface area (Å²) < 4.78 is 12.4. The number of nitrogens with zero attached hydrogens (tertiary/aromatic N) is 2. The first kappa shape index (κ1) is 6.82. The number of aryl methyl sites for hydroxylation is 1. The topological polar surface area (TPSA) is 36.3 Å². The van der Waals surface area contributed by atoms with E-state index in [1.165, 1.54) is 0 Å². The van der Waals surface area contributed by atoms with Crippen LogP contribution >= 0.6 is 0 Å². The summed E-state index contributed by atoms with van der Waals surface area (Å²) in [5.41, 5.74) is 0. The third-order valence-corrected chi connectivity index (χ3v) is 1.69. The number of hydrogen-bond donors (Lipinski definition) is 0. The summed E-state index contributed by atoms with van der Waals surface area (Å²) in [4.78, 5) is 4.06. The van der Waals surface area contributed by atoms with Crippen molar-refractivity contribution in [3.63, 3.8) is 0 Å². The van der Waals surface area contributed by atoms with E-state index < -0.39 is 0 Å². The van der Waals surface area contributed by atoms with Gasteiger partial charge in [-0.1, -0.05) is 0 Å². The number of ether oxygens (including phenoxy) is 2. The molecule has 0 aliphatic carbocycles. The minimum Gasteiger partial charge on any atom is -0.332 e. The molecular weight excluding hydrogens is 144 g/mol. The molecule has 0 unspecified atom stereocenters. The average molecular weight is 154 g/mol. The molecule has 1 saturated heterocycles. The first-order valence-corrected chi connectivity index (χ1v) is 3.60. The highest BCUT2D eigenvalue weighted by atomic mass is 16.7. The molecule has 0 N–H and O–H groups in total. The summed E-state index contributed by atoms with van der Waals surface area (Å²) >= 11 is 0. The van der Waals surface area contributed by atoms with E-state index in [-0.39, 0.29) is 6.41 Å².